The summed E-state index contributed by atoms with van der Waals surface area (Å²) in [6, 6.07) is 2.88. The molecule has 1 N–H and O–H groups in total. The zero-order chi connectivity index (χ0) is 14.1. The highest BCUT2D eigenvalue weighted by Gasteiger charge is 2.64. The summed E-state index contributed by atoms with van der Waals surface area (Å²) in [5.41, 5.74) is -2.80. The van der Waals surface area contributed by atoms with E-state index in [2.05, 4.69) is 0 Å². The van der Waals surface area contributed by atoms with Crippen molar-refractivity contribution in [2.75, 3.05) is 0 Å². The van der Waals surface area contributed by atoms with Gasteiger partial charge >= 0.3 is 24.2 Å². The average Bonchev–Trinajstić information content (AvgIpc) is 2.28. The maximum absolute atomic E-state index is 13.3. The third-order valence-electron chi connectivity index (χ3n) is 2.19. The summed E-state index contributed by atoms with van der Waals surface area (Å²) < 4.78 is 76.0. The zero-order valence-corrected chi connectivity index (χ0v) is 8.51. The Morgan fingerprint density at radius 2 is 1.61 bits per heavy atom. The molecule has 0 heterocycles. The molecule has 0 unspecified atom stereocenters. The molecule has 1 aromatic carbocycles. The van der Waals surface area contributed by atoms with Gasteiger partial charge in [-0.05, 0) is 6.07 Å². The lowest BCUT2D eigenvalue weighted by Gasteiger charge is -2.26. The van der Waals surface area contributed by atoms with Gasteiger partial charge < -0.3 is 5.11 Å². The second-order valence-electron chi connectivity index (χ2n) is 3.35. The summed E-state index contributed by atoms with van der Waals surface area (Å²) in [7, 11) is 0. The van der Waals surface area contributed by atoms with Crippen molar-refractivity contribution < 1.29 is 36.2 Å². The van der Waals surface area contributed by atoms with Gasteiger partial charge in [0, 0.05) is 5.56 Å². The molecule has 100 valence electrons. The van der Waals surface area contributed by atoms with Crippen LogP contribution >= 0.6 is 0 Å². The van der Waals surface area contributed by atoms with Crippen molar-refractivity contribution in [2.45, 2.75) is 18.3 Å². The SMILES string of the molecule is O=C(O)c1ccccc1C(F)(F)C(F)(F)C(F)F. The van der Waals surface area contributed by atoms with E-state index >= 15 is 0 Å². The molecule has 0 spiro atoms. The molecule has 0 aliphatic heterocycles. The van der Waals surface area contributed by atoms with Crippen LogP contribution in [0.15, 0.2) is 24.3 Å². The van der Waals surface area contributed by atoms with Crippen LogP contribution in [0.3, 0.4) is 0 Å². The van der Waals surface area contributed by atoms with E-state index in [1.165, 1.54) is 0 Å². The minimum absolute atomic E-state index is 0.375. The Kier molecular flexibility index (Phi) is 3.59. The fraction of sp³-hybridized carbons (Fsp3) is 0.300. The molecule has 1 rings (SSSR count). The van der Waals surface area contributed by atoms with Crippen molar-refractivity contribution in [3.63, 3.8) is 0 Å². The van der Waals surface area contributed by atoms with E-state index in [1.807, 2.05) is 0 Å². The Morgan fingerprint density at radius 3 is 2.06 bits per heavy atom. The van der Waals surface area contributed by atoms with E-state index in [9.17, 15) is 31.1 Å². The topological polar surface area (TPSA) is 37.3 Å². The molecule has 0 saturated carbocycles. The monoisotopic (exact) mass is 272 g/mol. The number of hydrogen-bond acceptors (Lipinski definition) is 1. The largest absolute Gasteiger partial charge is 0.478 e. The standard InChI is InChI=1S/C10H6F6O2/c11-8(12)10(15,16)9(13,14)6-4-2-1-3-5(6)7(17)18/h1-4,8H,(H,17,18). The van der Waals surface area contributed by atoms with Gasteiger partial charge in [0.05, 0.1) is 5.56 Å². The van der Waals surface area contributed by atoms with Gasteiger partial charge in [0.15, 0.2) is 0 Å². The first-order valence-electron chi connectivity index (χ1n) is 4.49. The van der Waals surface area contributed by atoms with Gasteiger partial charge in [-0.25, -0.2) is 13.6 Å². The van der Waals surface area contributed by atoms with Crippen LogP contribution < -0.4 is 0 Å². The van der Waals surface area contributed by atoms with Gasteiger partial charge in [-0.2, -0.15) is 17.6 Å². The van der Waals surface area contributed by atoms with Gasteiger partial charge in [-0.1, -0.05) is 18.2 Å². The first-order valence-corrected chi connectivity index (χ1v) is 4.49. The molecule has 0 amide bonds. The third kappa shape index (κ3) is 2.14. The quantitative estimate of drug-likeness (QED) is 0.853. The molecule has 0 saturated heterocycles. The number of carboxylic acid groups (broad SMARTS) is 1. The predicted octanol–water partition coefficient (Wildman–Crippen LogP) is 3.38. The van der Waals surface area contributed by atoms with Crippen LogP contribution in [-0.4, -0.2) is 23.4 Å². The van der Waals surface area contributed by atoms with E-state index in [0.29, 0.717) is 12.1 Å². The van der Waals surface area contributed by atoms with Gasteiger partial charge in [0.1, 0.15) is 0 Å². The van der Waals surface area contributed by atoms with Crippen LogP contribution in [-0.2, 0) is 5.92 Å². The van der Waals surface area contributed by atoms with Crippen molar-refractivity contribution in [3.05, 3.63) is 35.4 Å². The maximum Gasteiger partial charge on any atom is 0.373 e. The van der Waals surface area contributed by atoms with Crippen LogP contribution in [0.2, 0.25) is 0 Å². The van der Waals surface area contributed by atoms with Gasteiger partial charge in [0.2, 0.25) is 0 Å². The summed E-state index contributed by atoms with van der Waals surface area (Å²) >= 11 is 0. The number of hydrogen-bond donors (Lipinski definition) is 1. The molecule has 0 aliphatic carbocycles. The fourth-order valence-corrected chi connectivity index (χ4v) is 1.26. The second-order valence-corrected chi connectivity index (χ2v) is 3.35. The average molecular weight is 272 g/mol. The van der Waals surface area contributed by atoms with Crippen LogP contribution in [0.25, 0.3) is 0 Å². The number of benzene rings is 1. The lowest BCUT2D eigenvalue weighted by atomic mass is 9.97. The number of carbonyl (C=O) groups is 1. The van der Waals surface area contributed by atoms with Gasteiger partial charge in [0.25, 0.3) is 0 Å². The van der Waals surface area contributed by atoms with Crippen molar-refractivity contribution in [1.29, 1.82) is 0 Å². The van der Waals surface area contributed by atoms with Crippen molar-refractivity contribution in [2.24, 2.45) is 0 Å². The molecule has 0 aromatic heterocycles. The normalized spacial score (nSPS) is 12.8. The van der Waals surface area contributed by atoms with Crippen molar-refractivity contribution in [3.8, 4) is 0 Å². The molecule has 0 aliphatic rings. The lowest BCUT2D eigenvalue weighted by molar-refractivity contribution is -0.270. The summed E-state index contributed by atoms with van der Waals surface area (Å²) in [6.45, 7) is 0. The highest BCUT2D eigenvalue weighted by atomic mass is 19.3. The number of aromatic carboxylic acids is 1. The molecule has 0 radical (unpaired) electrons. The summed E-state index contributed by atoms with van der Waals surface area (Å²) in [6.07, 6.45) is -4.62. The molecule has 0 bridgehead atoms. The minimum Gasteiger partial charge on any atom is -0.478 e. The second kappa shape index (κ2) is 4.51. The number of alkyl halides is 6. The molecule has 0 atom stereocenters. The first-order chi connectivity index (χ1) is 8.12. The Bertz CT molecular complexity index is 457. The molecule has 8 heteroatoms. The zero-order valence-electron chi connectivity index (χ0n) is 8.51. The van der Waals surface area contributed by atoms with E-state index in [-0.39, 0.29) is 0 Å². The van der Waals surface area contributed by atoms with Crippen LogP contribution in [0.4, 0.5) is 26.3 Å². The van der Waals surface area contributed by atoms with Crippen LogP contribution in [0.5, 0.6) is 0 Å². The highest BCUT2D eigenvalue weighted by Crippen LogP contribution is 2.47. The van der Waals surface area contributed by atoms with Crippen molar-refractivity contribution in [1.82, 2.24) is 0 Å². The van der Waals surface area contributed by atoms with E-state index in [1.54, 1.807) is 0 Å². The summed E-state index contributed by atoms with van der Waals surface area (Å²) in [5.74, 6) is -12.8. The molecule has 1 aromatic rings. The smallest absolute Gasteiger partial charge is 0.373 e. The van der Waals surface area contributed by atoms with E-state index < -0.39 is 35.4 Å². The van der Waals surface area contributed by atoms with Crippen LogP contribution in [0.1, 0.15) is 15.9 Å². The Labute approximate surface area is 96.8 Å². The predicted molar refractivity (Wildman–Crippen MR) is 48.2 cm³/mol. The summed E-state index contributed by atoms with van der Waals surface area (Å²) in [5, 5.41) is 8.57. The molecule has 18 heavy (non-hydrogen) atoms. The molecular formula is C10H6F6O2. The highest BCUT2D eigenvalue weighted by molar-refractivity contribution is 5.89. The minimum atomic E-state index is -5.65. The van der Waals surface area contributed by atoms with E-state index in [4.69, 9.17) is 5.11 Å². The van der Waals surface area contributed by atoms with Crippen molar-refractivity contribution >= 4 is 5.97 Å². The van der Waals surface area contributed by atoms with Gasteiger partial charge in [-0.3, -0.25) is 0 Å². The summed E-state index contributed by atoms with van der Waals surface area (Å²) in [4.78, 5) is 10.6. The molecule has 0 fully saturated rings. The van der Waals surface area contributed by atoms with Gasteiger partial charge in [-0.15, -0.1) is 0 Å². The molecule has 2 nitrogen and oxygen atoms in total. The number of carboxylic acids is 1. The number of rotatable bonds is 4. The Hall–Kier alpha value is -1.73. The third-order valence-corrected chi connectivity index (χ3v) is 2.19. The maximum atomic E-state index is 13.3. The van der Waals surface area contributed by atoms with Crippen LogP contribution in [0, 0.1) is 0 Å². The first kappa shape index (κ1) is 14.3. The number of halogens is 6. The lowest BCUT2D eigenvalue weighted by Crippen LogP contribution is -2.44. The Balaban J connectivity index is 3.41. The fourth-order valence-electron chi connectivity index (χ4n) is 1.26. The Morgan fingerprint density at radius 1 is 1.11 bits per heavy atom. The van der Waals surface area contributed by atoms with E-state index in [0.717, 1.165) is 12.1 Å². The molecular weight excluding hydrogens is 266 g/mol.